The third kappa shape index (κ3) is 4.32. The molecule has 0 rings (SSSR count). The van der Waals surface area contributed by atoms with Crippen LogP contribution in [0.3, 0.4) is 0 Å². The van der Waals surface area contributed by atoms with Gasteiger partial charge < -0.3 is 5.11 Å². The molecule has 0 atom stereocenters. The average molecular weight is 172 g/mol. The third-order valence-electron chi connectivity index (χ3n) is 1.04. The molecule has 0 aliphatic heterocycles. The van der Waals surface area contributed by atoms with Crippen molar-refractivity contribution in [1.29, 1.82) is 0 Å². The van der Waals surface area contributed by atoms with Gasteiger partial charge in [-0.25, -0.2) is 4.79 Å². The van der Waals surface area contributed by atoms with Gasteiger partial charge >= 0.3 is 5.97 Å². The summed E-state index contributed by atoms with van der Waals surface area (Å²) in [6, 6.07) is 0. The van der Waals surface area contributed by atoms with Crippen LogP contribution in [0, 0.1) is 0 Å². The summed E-state index contributed by atoms with van der Waals surface area (Å²) >= 11 is 0. The fourth-order valence-electron chi connectivity index (χ4n) is 0.595. The molecule has 0 heterocycles. The van der Waals surface area contributed by atoms with Gasteiger partial charge in [0.2, 0.25) is 5.78 Å². The van der Waals surface area contributed by atoms with Crippen molar-refractivity contribution in [1.82, 2.24) is 0 Å². The first-order chi connectivity index (χ1) is 5.43. The molecule has 0 aliphatic rings. The summed E-state index contributed by atoms with van der Waals surface area (Å²) in [4.78, 5) is 41.3. The molecular weight excluding hydrogens is 164 g/mol. The normalized spacial score (nSPS) is 9.08. The average Bonchev–Trinajstić information content (AvgIpc) is 1.84. The molecular formula is C7H8O5. The highest BCUT2D eigenvalue weighted by Crippen LogP contribution is 1.92. The number of carboxylic acids is 1. The molecule has 5 heteroatoms. The van der Waals surface area contributed by atoms with E-state index < -0.39 is 24.0 Å². The van der Waals surface area contributed by atoms with E-state index in [9.17, 15) is 19.2 Å². The first-order valence-corrected chi connectivity index (χ1v) is 3.20. The van der Waals surface area contributed by atoms with Crippen molar-refractivity contribution in [3.8, 4) is 0 Å². The van der Waals surface area contributed by atoms with Crippen LogP contribution < -0.4 is 0 Å². The van der Waals surface area contributed by atoms with E-state index in [1.54, 1.807) is 0 Å². The maximum Gasteiger partial charge on any atom is 0.372 e. The van der Waals surface area contributed by atoms with Crippen LogP contribution in [0.4, 0.5) is 0 Å². The summed E-state index contributed by atoms with van der Waals surface area (Å²) in [5, 5.41) is 8.08. The lowest BCUT2D eigenvalue weighted by Crippen LogP contribution is -2.18. The number of aliphatic carboxylic acids is 1. The first-order valence-electron chi connectivity index (χ1n) is 3.20. The number of Topliss-reactive ketones (excluding diaryl/α,β-unsaturated/α-hetero) is 3. The maximum absolute atomic E-state index is 10.7. The fraction of sp³-hybridized carbons (Fsp3) is 0.429. The lowest BCUT2D eigenvalue weighted by molar-refractivity contribution is -0.150. The Bertz CT molecular complexity index is 240. The molecule has 0 bridgehead atoms. The predicted octanol–water partition coefficient (Wildman–Crippen LogP) is -0.422. The van der Waals surface area contributed by atoms with E-state index in [1.165, 1.54) is 6.92 Å². The van der Waals surface area contributed by atoms with Crippen molar-refractivity contribution < 1.29 is 24.3 Å². The van der Waals surface area contributed by atoms with E-state index in [4.69, 9.17) is 5.11 Å². The molecule has 0 aromatic heterocycles. The number of carbonyl (C=O) groups excluding carboxylic acids is 3. The van der Waals surface area contributed by atoms with Crippen LogP contribution in [0.2, 0.25) is 0 Å². The maximum atomic E-state index is 10.7. The Morgan fingerprint density at radius 3 is 1.92 bits per heavy atom. The van der Waals surface area contributed by atoms with Crippen LogP contribution in [0.5, 0.6) is 0 Å². The molecule has 5 nitrogen and oxygen atoms in total. The summed E-state index contributed by atoms with van der Waals surface area (Å²) < 4.78 is 0. The van der Waals surface area contributed by atoms with Gasteiger partial charge in [0, 0.05) is 0 Å². The summed E-state index contributed by atoms with van der Waals surface area (Å²) in [5.74, 6) is -3.86. The molecule has 0 saturated heterocycles. The Morgan fingerprint density at radius 1 is 1.08 bits per heavy atom. The van der Waals surface area contributed by atoms with Crippen LogP contribution >= 0.6 is 0 Å². The summed E-state index contributed by atoms with van der Waals surface area (Å²) in [7, 11) is 0. The monoisotopic (exact) mass is 172 g/mol. The van der Waals surface area contributed by atoms with Crippen LogP contribution in [0.15, 0.2) is 0 Å². The molecule has 1 N–H and O–H groups in total. The minimum atomic E-state index is -1.65. The van der Waals surface area contributed by atoms with Crippen molar-refractivity contribution in [2.75, 3.05) is 0 Å². The zero-order valence-electron chi connectivity index (χ0n) is 6.49. The first kappa shape index (κ1) is 10.5. The van der Waals surface area contributed by atoms with Gasteiger partial charge in [-0.1, -0.05) is 0 Å². The van der Waals surface area contributed by atoms with E-state index in [1.807, 2.05) is 0 Å². The molecule has 0 aromatic rings. The second-order valence-electron chi connectivity index (χ2n) is 2.32. The Kier molecular flexibility index (Phi) is 3.82. The molecule has 0 amide bonds. The van der Waals surface area contributed by atoms with Crippen molar-refractivity contribution in [3.63, 3.8) is 0 Å². The Balaban J connectivity index is 3.94. The summed E-state index contributed by atoms with van der Waals surface area (Å²) in [5.41, 5.74) is 0. The van der Waals surface area contributed by atoms with Gasteiger partial charge in [0.25, 0.3) is 0 Å². The lowest BCUT2D eigenvalue weighted by atomic mass is 10.1. The topological polar surface area (TPSA) is 88.5 Å². The third-order valence-corrected chi connectivity index (χ3v) is 1.04. The fourth-order valence-corrected chi connectivity index (χ4v) is 0.595. The highest BCUT2D eigenvalue weighted by atomic mass is 16.4. The number of rotatable bonds is 5. The van der Waals surface area contributed by atoms with Gasteiger partial charge in [0.05, 0.1) is 12.8 Å². The van der Waals surface area contributed by atoms with Crippen molar-refractivity contribution in [2.45, 2.75) is 19.8 Å². The lowest BCUT2D eigenvalue weighted by Gasteiger charge is -1.92. The van der Waals surface area contributed by atoms with Crippen molar-refractivity contribution in [2.24, 2.45) is 0 Å². The standard InChI is InChI=1S/C7H8O5/c1-4(8)2-5(9)3-6(10)7(11)12/h2-3H2,1H3,(H,11,12). The summed E-state index contributed by atoms with van der Waals surface area (Å²) in [6.07, 6.45) is -1.08. The minimum Gasteiger partial charge on any atom is -0.475 e. The zero-order valence-corrected chi connectivity index (χ0v) is 6.49. The van der Waals surface area contributed by atoms with Gasteiger partial charge in [-0.15, -0.1) is 0 Å². The minimum absolute atomic E-state index is 0.376. The van der Waals surface area contributed by atoms with Crippen LogP contribution in [-0.2, 0) is 19.2 Å². The van der Waals surface area contributed by atoms with Crippen LogP contribution in [-0.4, -0.2) is 28.4 Å². The Morgan fingerprint density at radius 2 is 1.58 bits per heavy atom. The number of hydrogen-bond donors (Lipinski definition) is 1. The summed E-state index contributed by atoms with van der Waals surface area (Å²) in [6.45, 7) is 1.20. The predicted molar refractivity (Wildman–Crippen MR) is 37.6 cm³/mol. The van der Waals surface area contributed by atoms with Gasteiger partial charge in [0.15, 0.2) is 0 Å². The Labute approximate surface area is 68.4 Å². The highest BCUT2D eigenvalue weighted by molar-refractivity contribution is 6.36. The molecule has 0 radical (unpaired) electrons. The van der Waals surface area contributed by atoms with Crippen molar-refractivity contribution >= 4 is 23.3 Å². The van der Waals surface area contributed by atoms with E-state index in [2.05, 4.69) is 0 Å². The quantitative estimate of drug-likeness (QED) is 0.449. The molecule has 0 saturated carbocycles. The molecule has 0 aromatic carbocycles. The van der Waals surface area contributed by atoms with Gasteiger partial charge in [-0.2, -0.15) is 0 Å². The number of ketones is 3. The van der Waals surface area contributed by atoms with Crippen molar-refractivity contribution in [3.05, 3.63) is 0 Å². The highest BCUT2D eigenvalue weighted by Gasteiger charge is 2.16. The molecule has 12 heavy (non-hydrogen) atoms. The van der Waals surface area contributed by atoms with Gasteiger partial charge in [-0.3, -0.25) is 14.4 Å². The Hall–Kier alpha value is -1.52. The molecule has 0 unspecified atom stereocenters. The smallest absolute Gasteiger partial charge is 0.372 e. The second kappa shape index (κ2) is 4.38. The zero-order chi connectivity index (χ0) is 9.72. The largest absolute Gasteiger partial charge is 0.475 e. The van der Waals surface area contributed by atoms with E-state index >= 15 is 0 Å². The van der Waals surface area contributed by atoms with Crippen LogP contribution in [0.1, 0.15) is 19.8 Å². The number of hydrogen-bond acceptors (Lipinski definition) is 4. The van der Waals surface area contributed by atoms with E-state index in [0.717, 1.165) is 0 Å². The van der Waals surface area contributed by atoms with E-state index in [0.29, 0.717) is 0 Å². The number of carbonyl (C=O) groups is 4. The number of carboxylic acid groups (broad SMARTS) is 1. The second-order valence-corrected chi connectivity index (χ2v) is 2.32. The molecule has 0 aliphatic carbocycles. The molecule has 0 fully saturated rings. The van der Waals surface area contributed by atoms with Crippen LogP contribution in [0.25, 0.3) is 0 Å². The molecule has 66 valence electrons. The van der Waals surface area contributed by atoms with Gasteiger partial charge in [-0.05, 0) is 6.92 Å². The van der Waals surface area contributed by atoms with E-state index in [-0.39, 0.29) is 12.2 Å². The van der Waals surface area contributed by atoms with Gasteiger partial charge in [0.1, 0.15) is 11.6 Å². The SMILES string of the molecule is CC(=O)CC(=O)CC(=O)C(=O)O. The molecule has 0 spiro atoms.